The third-order valence-corrected chi connectivity index (χ3v) is 6.92. The first-order valence-corrected chi connectivity index (χ1v) is 12.8. The Hall–Kier alpha value is -4.35. The molecule has 1 saturated heterocycles. The highest BCUT2D eigenvalue weighted by Gasteiger charge is 2.32. The maximum atomic E-state index is 14.0. The molecule has 0 bridgehead atoms. The molecule has 3 aromatic rings. The van der Waals surface area contributed by atoms with Gasteiger partial charge in [-0.15, -0.1) is 5.10 Å². The summed E-state index contributed by atoms with van der Waals surface area (Å²) < 4.78 is 32.9. The molecule has 0 spiro atoms. The maximum Gasteiger partial charge on any atom is 0.291 e. The molecule has 3 heterocycles. The highest BCUT2D eigenvalue weighted by molar-refractivity contribution is 6.02. The van der Waals surface area contributed by atoms with Gasteiger partial charge in [0.05, 0.1) is 5.69 Å². The number of nitrogens with one attached hydrogen (secondary N) is 2. The molecule has 1 unspecified atom stereocenters. The third kappa shape index (κ3) is 5.89. The number of likely N-dealkylation sites (tertiary alicyclic amines) is 1. The van der Waals surface area contributed by atoms with Crippen LogP contribution in [0.15, 0.2) is 36.4 Å². The number of likely N-dealkylation sites (N-methyl/N-ethyl adjacent to an activating group) is 1. The first-order chi connectivity index (χ1) is 18.8. The van der Waals surface area contributed by atoms with Crippen LogP contribution >= 0.6 is 0 Å². The van der Waals surface area contributed by atoms with E-state index in [0.717, 1.165) is 43.6 Å². The molecule has 10 nitrogen and oxygen atoms in total. The highest BCUT2D eigenvalue weighted by Crippen LogP contribution is 2.32. The molecule has 0 aliphatic carbocycles. The van der Waals surface area contributed by atoms with Gasteiger partial charge in [0, 0.05) is 39.0 Å². The first kappa shape index (κ1) is 26.3. The zero-order chi connectivity index (χ0) is 27.5. The van der Waals surface area contributed by atoms with E-state index in [9.17, 15) is 23.2 Å². The number of carbonyl (C=O) groups is 3. The average Bonchev–Trinajstić information content (AvgIpc) is 3.62. The van der Waals surface area contributed by atoms with E-state index in [-0.39, 0.29) is 36.1 Å². The lowest BCUT2D eigenvalue weighted by molar-refractivity contribution is -0.130. The summed E-state index contributed by atoms with van der Waals surface area (Å²) in [5.41, 5.74) is 1.63. The van der Waals surface area contributed by atoms with Gasteiger partial charge in [-0.1, -0.05) is 12.1 Å². The second-order valence-corrected chi connectivity index (χ2v) is 9.64. The molecule has 39 heavy (non-hydrogen) atoms. The van der Waals surface area contributed by atoms with Gasteiger partial charge >= 0.3 is 0 Å². The van der Waals surface area contributed by atoms with Gasteiger partial charge in [-0.25, -0.2) is 13.8 Å². The average molecular weight is 539 g/mol. The second kappa shape index (κ2) is 11.2. The summed E-state index contributed by atoms with van der Waals surface area (Å²) in [4.78, 5) is 45.8. The lowest BCUT2D eigenvalue weighted by atomic mass is 10.1. The normalized spacial score (nSPS) is 17.0. The predicted molar refractivity (Wildman–Crippen MR) is 136 cm³/mol. The lowest BCUT2D eigenvalue weighted by Gasteiger charge is -2.20. The number of carbonyl (C=O) groups excluding carboxylic acids is 3. The number of ether oxygens (including phenoxy) is 1. The smallest absolute Gasteiger partial charge is 0.291 e. The Bertz CT molecular complexity index is 1400. The van der Waals surface area contributed by atoms with Crippen molar-refractivity contribution >= 4 is 23.4 Å². The van der Waals surface area contributed by atoms with Crippen LogP contribution in [-0.4, -0.2) is 70.6 Å². The minimum atomic E-state index is -1.01. The Kier molecular flexibility index (Phi) is 7.53. The molecule has 2 aromatic carbocycles. The molecular weight excluding hydrogens is 510 g/mol. The van der Waals surface area contributed by atoms with Crippen LogP contribution in [-0.2, 0) is 22.4 Å². The maximum absolute atomic E-state index is 14.0. The number of aromatic nitrogens is 3. The topological polar surface area (TPSA) is 121 Å². The Balaban J connectivity index is 1.21. The summed E-state index contributed by atoms with van der Waals surface area (Å²) in [5, 5.41) is 9.03. The zero-order valence-electron chi connectivity index (χ0n) is 21.4. The van der Waals surface area contributed by atoms with E-state index < -0.39 is 29.5 Å². The third-order valence-electron chi connectivity index (χ3n) is 6.92. The number of hydrogen-bond donors (Lipinski definition) is 2. The molecule has 3 amide bonds. The molecule has 204 valence electrons. The molecule has 5 rings (SSSR count). The van der Waals surface area contributed by atoms with E-state index in [2.05, 4.69) is 20.5 Å². The van der Waals surface area contributed by atoms with Gasteiger partial charge in [-0.3, -0.25) is 19.5 Å². The Labute approximate surface area is 223 Å². The van der Waals surface area contributed by atoms with E-state index >= 15 is 0 Å². The van der Waals surface area contributed by atoms with Crippen molar-refractivity contribution in [2.75, 3.05) is 31.6 Å². The fraction of sp³-hybridized carbons (Fsp3) is 0.370. The number of H-pyrrole nitrogens is 1. The van der Waals surface area contributed by atoms with E-state index in [0.29, 0.717) is 24.3 Å². The van der Waals surface area contributed by atoms with Crippen LogP contribution in [0.5, 0.6) is 5.75 Å². The van der Waals surface area contributed by atoms with Gasteiger partial charge in [0.1, 0.15) is 35.9 Å². The van der Waals surface area contributed by atoms with Crippen LogP contribution in [0.2, 0.25) is 0 Å². The van der Waals surface area contributed by atoms with E-state index in [1.807, 2.05) is 17.0 Å². The fourth-order valence-corrected chi connectivity index (χ4v) is 4.72. The zero-order valence-corrected chi connectivity index (χ0v) is 21.4. The van der Waals surface area contributed by atoms with Crippen LogP contribution in [0.1, 0.15) is 46.8 Å². The summed E-state index contributed by atoms with van der Waals surface area (Å²) in [6.07, 6.45) is 2.99. The summed E-state index contributed by atoms with van der Waals surface area (Å²) in [5.74, 6) is -1.94. The van der Waals surface area contributed by atoms with Gasteiger partial charge in [0.15, 0.2) is 0 Å². The van der Waals surface area contributed by atoms with Gasteiger partial charge in [0.25, 0.3) is 11.8 Å². The second-order valence-electron chi connectivity index (χ2n) is 9.64. The number of benzene rings is 2. The van der Waals surface area contributed by atoms with Crippen molar-refractivity contribution in [3.8, 4) is 5.75 Å². The molecule has 2 aliphatic rings. The number of anilines is 1. The largest absolute Gasteiger partial charge is 0.489 e. The van der Waals surface area contributed by atoms with E-state index in [1.54, 1.807) is 13.1 Å². The lowest BCUT2D eigenvalue weighted by Crippen LogP contribution is -2.49. The summed E-state index contributed by atoms with van der Waals surface area (Å²) in [6, 6.07) is 7.63. The van der Waals surface area contributed by atoms with Crippen molar-refractivity contribution in [1.82, 2.24) is 25.4 Å². The Morgan fingerprint density at radius 3 is 2.72 bits per heavy atom. The number of rotatable bonds is 7. The van der Waals surface area contributed by atoms with Crippen LogP contribution in [0.4, 0.5) is 14.5 Å². The van der Waals surface area contributed by atoms with Crippen molar-refractivity contribution in [3.63, 3.8) is 0 Å². The van der Waals surface area contributed by atoms with Gasteiger partial charge in [-0.05, 0) is 48.6 Å². The predicted octanol–water partition coefficient (Wildman–Crippen LogP) is 2.38. The molecule has 1 aromatic heterocycles. The summed E-state index contributed by atoms with van der Waals surface area (Å²) >= 11 is 0. The number of fused-ring (bicyclic) bond motifs is 1. The van der Waals surface area contributed by atoms with Crippen molar-refractivity contribution in [1.29, 1.82) is 0 Å². The quantitative estimate of drug-likeness (QED) is 0.477. The summed E-state index contributed by atoms with van der Waals surface area (Å²) in [7, 11) is 1.59. The summed E-state index contributed by atoms with van der Waals surface area (Å²) in [6.45, 7) is 1.51. The van der Waals surface area contributed by atoms with E-state index in [4.69, 9.17) is 4.74 Å². The molecular formula is C27H28F2N6O4. The van der Waals surface area contributed by atoms with Crippen molar-refractivity contribution in [2.45, 2.75) is 38.1 Å². The van der Waals surface area contributed by atoms with Crippen LogP contribution in [0.3, 0.4) is 0 Å². The molecule has 2 aliphatic heterocycles. The van der Waals surface area contributed by atoms with Crippen molar-refractivity contribution in [2.24, 2.45) is 0 Å². The van der Waals surface area contributed by atoms with Crippen LogP contribution in [0.25, 0.3) is 0 Å². The van der Waals surface area contributed by atoms with Gasteiger partial charge in [-0.2, -0.15) is 0 Å². The van der Waals surface area contributed by atoms with Crippen LogP contribution < -0.4 is 15.0 Å². The number of halogens is 2. The number of aromatic amines is 1. The van der Waals surface area contributed by atoms with Crippen molar-refractivity contribution < 1.29 is 27.9 Å². The minimum absolute atomic E-state index is 0.0259. The molecule has 0 saturated carbocycles. The molecule has 12 heteroatoms. The Morgan fingerprint density at radius 1 is 1.15 bits per heavy atom. The number of hydrogen-bond acceptors (Lipinski definition) is 6. The van der Waals surface area contributed by atoms with Gasteiger partial charge in [0.2, 0.25) is 11.7 Å². The molecule has 1 atom stereocenters. The Morgan fingerprint density at radius 2 is 1.95 bits per heavy atom. The molecule has 2 N–H and O–H groups in total. The standard InChI is InChI=1S/C27H28F2N6O4/c1-34-21-12-16(5-9-24(36)35-10-2-3-11-35)4-8-22(21)39-15-20(27(34)38)30-26(37)25-31-23(32-33-25)13-17-6-7-18(28)14-19(17)29/h4,6-8,12,14,20H,2-3,5,9-11,13,15H2,1H3,(H,30,37)(H,31,32,33). The number of amides is 3. The SMILES string of the molecule is CN1C(=O)C(NC(=O)c2n[nH]c(Cc3ccc(F)cc3F)n2)COc2ccc(CCC(=O)N3CCCC3)cc21. The van der Waals surface area contributed by atoms with E-state index in [1.165, 1.54) is 11.0 Å². The number of aryl methyl sites for hydroxylation is 1. The van der Waals surface area contributed by atoms with Crippen LogP contribution in [0, 0.1) is 11.6 Å². The number of nitrogens with zero attached hydrogens (tertiary/aromatic N) is 4. The molecule has 0 radical (unpaired) electrons. The minimum Gasteiger partial charge on any atom is -0.489 e. The highest BCUT2D eigenvalue weighted by atomic mass is 19.1. The van der Waals surface area contributed by atoms with Gasteiger partial charge < -0.3 is 19.9 Å². The first-order valence-electron chi connectivity index (χ1n) is 12.8. The molecule has 1 fully saturated rings. The monoisotopic (exact) mass is 538 g/mol. The fourth-order valence-electron chi connectivity index (χ4n) is 4.72. The van der Waals surface area contributed by atoms with Crippen molar-refractivity contribution in [3.05, 3.63) is 70.8 Å².